The van der Waals surface area contributed by atoms with Gasteiger partial charge in [0.2, 0.25) is 0 Å². The molecule has 2 aromatic carbocycles. The quantitative estimate of drug-likeness (QED) is 0.778. The molecular weight excluding hydrogens is 346 g/mol. The minimum atomic E-state index is -0.823. The maximum absolute atomic E-state index is 12.0. The van der Waals surface area contributed by atoms with Crippen LogP contribution in [0.3, 0.4) is 0 Å². The van der Waals surface area contributed by atoms with Crippen molar-refractivity contribution in [1.82, 2.24) is 4.90 Å². The number of ether oxygens (including phenoxy) is 1. The Morgan fingerprint density at radius 1 is 1.15 bits per heavy atom. The fourth-order valence-corrected chi connectivity index (χ4v) is 4.26. The van der Waals surface area contributed by atoms with Gasteiger partial charge in [-0.05, 0) is 43.2 Å². The van der Waals surface area contributed by atoms with Crippen molar-refractivity contribution >= 4 is 17.7 Å². The largest absolute Gasteiger partial charge is 0.480 e. The molecule has 26 heavy (non-hydrogen) atoms. The molecule has 0 spiro atoms. The summed E-state index contributed by atoms with van der Waals surface area (Å²) in [6, 6.07) is 17.1. The molecule has 0 aromatic heterocycles. The summed E-state index contributed by atoms with van der Waals surface area (Å²) in [7, 11) is 0. The van der Waals surface area contributed by atoms with Crippen LogP contribution in [0, 0.1) is 12.3 Å². The summed E-state index contributed by atoms with van der Waals surface area (Å²) < 4.78 is 5.04. The molecule has 4 nitrogen and oxygen atoms in total. The first-order chi connectivity index (χ1) is 12.6. The average Bonchev–Trinajstić information content (AvgIpc) is 2.65. The van der Waals surface area contributed by atoms with E-state index in [1.807, 2.05) is 54.6 Å². The molecule has 1 N–H and O–H groups in total. The third kappa shape index (κ3) is 4.40. The van der Waals surface area contributed by atoms with Crippen LogP contribution in [0.25, 0.3) is 0 Å². The van der Waals surface area contributed by atoms with E-state index < -0.39 is 10.7 Å². The van der Waals surface area contributed by atoms with Gasteiger partial charge >= 0.3 is 5.97 Å². The molecule has 0 atom stereocenters. The van der Waals surface area contributed by atoms with Gasteiger partial charge in [0.05, 0.1) is 6.54 Å². The Kier molecular flexibility index (Phi) is 5.87. The molecule has 5 heteroatoms. The van der Waals surface area contributed by atoms with Crippen molar-refractivity contribution in [2.24, 2.45) is 0 Å². The Hall–Kier alpha value is -2.42. The highest BCUT2D eigenvalue weighted by Crippen LogP contribution is 2.42. The van der Waals surface area contributed by atoms with Gasteiger partial charge in [-0.2, -0.15) is 0 Å². The fourth-order valence-electron chi connectivity index (χ4n) is 3.01. The van der Waals surface area contributed by atoms with Crippen LogP contribution in [0.5, 0.6) is 11.5 Å². The summed E-state index contributed by atoms with van der Waals surface area (Å²) in [6.07, 6.45) is 6.50. The van der Waals surface area contributed by atoms with E-state index in [2.05, 4.69) is 10.8 Å². The van der Waals surface area contributed by atoms with Crippen molar-refractivity contribution in [3.05, 3.63) is 54.6 Å². The van der Waals surface area contributed by atoms with Crippen molar-refractivity contribution < 1.29 is 14.6 Å². The molecule has 0 saturated carbocycles. The number of rotatable bonds is 6. The van der Waals surface area contributed by atoms with Crippen LogP contribution in [-0.4, -0.2) is 40.4 Å². The predicted molar refractivity (Wildman–Crippen MR) is 104 cm³/mol. The van der Waals surface area contributed by atoms with Crippen molar-refractivity contribution in [2.75, 3.05) is 19.6 Å². The van der Waals surface area contributed by atoms with E-state index in [-0.39, 0.29) is 0 Å². The second-order valence-corrected chi connectivity index (χ2v) is 7.73. The van der Waals surface area contributed by atoms with E-state index in [0.29, 0.717) is 38.2 Å². The molecule has 1 aliphatic heterocycles. The molecule has 1 heterocycles. The van der Waals surface area contributed by atoms with Gasteiger partial charge in [-0.25, -0.2) is 0 Å². The van der Waals surface area contributed by atoms with Crippen molar-refractivity contribution in [3.8, 4) is 23.8 Å². The van der Waals surface area contributed by atoms with E-state index in [1.54, 1.807) is 0 Å². The molecule has 0 unspecified atom stereocenters. The second-order valence-electron chi connectivity index (χ2n) is 6.27. The predicted octanol–water partition coefficient (Wildman–Crippen LogP) is 4.12. The van der Waals surface area contributed by atoms with Crippen LogP contribution in [0.2, 0.25) is 0 Å². The lowest BCUT2D eigenvalue weighted by molar-refractivity contribution is -0.141. The number of carboxylic acid groups (broad SMARTS) is 1. The number of hydrogen-bond acceptors (Lipinski definition) is 4. The average molecular weight is 367 g/mol. The number of nitrogens with zero attached hydrogens (tertiary/aromatic N) is 1. The lowest BCUT2D eigenvalue weighted by Crippen LogP contribution is -2.47. The highest BCUT2D eigenvalue weighted by Gasteiger charge is 2.42. The molecule has 1 saturated heterocycles. The third-order valence-corrected chi connectivity index (χ3v) is 5.93. The maximum atomic E-state index is 12.0. The number of benzene rings is 2. The van der Waals surface area contributed by atoms with E-state index in [0.717, 1.165) is 10.6 Å². The topological polar surface area (TPSA) is 49.8 Å². The fraction of sp³-hybridized carbons (Fsp3) is 0.286. The number of piperidine rings is 1. The van der Waals surface area contributed by atoms with Crippen LogP contribution in [0.1, 0.15) is 12.8 Å². The van der Waals surface area contributed by atoms with E-state index >= 15 is 0 Å². The molecule has 134 valence electrons. The summed E-state index contributed by atoms with van der Waals surface area (Å²) in [4.78, 5) is 15.0. The van der Waals surface area contributed by atoms with E-state index in [1.165, 1.54) is 11.8 Å². The molecule has 1 aliphatic rings. The van der Waals surface area contributed by atoms with Gasteiger partial charge in [-0.15, -0.1) is 18.2 Å². The number of aliphatic carboxylic acids is 1. The zero-order valence-corrected chi connectivity index (χ0v) is 15.2. The van der Waals surface area contributed by atoms with Gasteiger partial charge in [-0.1, -0.05) is 30.2 Å². The Morgan fingerprint density at radius 3 is 2.50 bits per heavy atom. The number of carboxylic acids is 1. The van der Waals surface area contributed by atoms with E-state index in [4.69, 9.17) is 11.2 Å². The Labute approximate surface area is 158 Å². The molecule has 0 aliphatic carbocycles. The van der Waals surface area contributed by atoms with Gasteiger partial charge in [0.15, 0.2) is 0 Å². The van der Waals surface area contributed by atoms with Crippen LogP contribution in [-0.2, 0) is 4.79 Å². The zero-order chi connectivity index (χ0) is 18.4. The zero-order valence-electron chi connectivity index (χ0n) is 14.4. The number of terminal acetylenes is 1. The summed E-state index contributed by atoms with van der Waals surface area (Å²) >= 11 is 1.41. The van der Waals surface area contributed by atoms with Crippen LogP contribution in [0.15, 0.2) is 59.5 Å². The van der Waals surface area contributed by atoms with Crippen molar-refractivity contribution in [2.45, 2.75) is 22.5 Å². The van der Waals surface area contributed by atoms with E-state index in [9.17, 15) is 9.90 Å². The minimum absolute atomic E-state index is 0.568. The molecule has 1 fully saturated rings. The minimum Gasteiger partial charge on any atom is -0.480 e. The normalized spacial score (nSPS) is 16.6. The van der Waals surface area contributed by atoms with Gasteiger partial charge in [0.1, 0.15) is 16.2 Å². The van der Waals surface area contributed by atoms with Crippen LogP contribution in [0.4, 0.5) is 0 Å². The Morgan fingerprint density at radius 2 is 1.85 bits per heavy atom. The smallest absolute Gasteiger partial charge is 0.320 e. The Balaban J connectivity index is 1.73. The third-order valence-electron chi connectivity index (χ3n) is 4.47. The standard InChI is InChI=1S/C21H21NO3S/c1-2-13-22-14-11-21(12-15-22,20(23)24)26-19-10-6-9-18(16-19)25-17-7-4-3-5-8-17/h1,3-10,16H,11-15H2,(H,23,24). The first-order valence-corrected chi connectivity index (χ1v) is 9.34. The summed E-state index contributed by atoms with van der Waals surface area (Å²) in [6.45, 7) is 1.97. The molecule has 0 bridgehead atoms. The second kappa shape index (κ2) is 8.31. The molecule has 3 rings (SSSR count). The van der Waals surface area contributed by atoms with Gasteiger partial charge < -0.3 is 9.84 Å². The van der Waals surface area contributed by atoms with Gasteiger partial charge in [0, 0.05) is 18.0 Å². The molecule has 0 amide bonds. The number of likely N-dealkylation sites (tertiary alicyclic amines) is 1. The summed E-state index contributed by atoms with van der Waals surface area (Å²) in [5, 5.41) is 9.86. The van der Waals surface area contributed by atoms with Crippen LogP contribution >= 0.6 is 11.8 Å². The highest BCUT2D eigenvalue weighted by atomic mass is 32.2. The number of carbonyl (C=O) groups is 1. The highest BCUT2D eigenvalue weighted by molar-refractivity contribution is 8.01. The van der Waals surface area contributed by atoms with Gasteiger partial charge in [-0.3, -0.25) is 9.69 Å². The lowest BCUT2D eigenvalue weighted by atomic mass is 9.96. The van der Waals surface area contributed by atoms with Crippen molar-refractivity contribution in [3.63, 3.8) is 0 Å². The molecular formula is C21H21NO3S. The SMILES string of the molecule is C#CCN1CCC(Sc2cccc(Oc3ccccc3)c2)(C(=O)O)CC1. The summed E-state index contributed by atoms with van der Waals surface area (Å²) in [5.74, 6) is 3.32. The number of thioether (sulfide) groups is 1. The summed E-state index contributed by atoms with van der Waals surface area (Å²) in [5.41, 5.74) is 0. The first kappa shape index (κ1) is 18.4. The van der Waals surface area contributed by atoms with Crippen molar-refractivity contribution in [1.29, 1.82) is 0 Å². The Bertz CT molecular complexity index is 792. The monoisotopic (exact) mass is 367 g/mol. The number of hydrogen-bond donors (Lipinski definition) is 1. The molecule has 0 radical (unpaired) electrons. The lowest BCUT2D eigenvalue weighted by Gasteiger charge is -2.37. The van der Waals surface area contributed by atoms with Crippen LogP contribution < -0.4 is 4.74 Å². The van der Waals surface area contributed by atoms with Gasteiger partial charge in [0.25, 0.3) is 0 Å². The molecule has 2 aromatic rings. The number of para-hydroxylation sites is 1. The first-order valence-electron chi connectivity index (χ1n) is 8.52. The maximum Gasteiger partial charge on any atom is 0.320 e.